The molecule has 2 amide bonds. The third kappa shape index (κ3) is 5.35. The molecule has 120 valence electrons. The Bertz CT molecular complexity index is 684. The number of carbonyl (C=O) groups is 2. The second-order valence-electron chi connectivity index (χ2n) is 4.89. The number of benzene rings is 2. The van der Waals surface area contributed by atoms with E-state index < -0.39 is 0 Å². The predicted molar refractivity (Wildman–Crippen MR) is 90.9 cm³/mol. The first-order chi connectivity index (χ1) is 11.1. The maximum atomic E-state index is 12.0. The van der Waals surface area contributed by atoms with Crippen molar-refractivity contribution in [3.05, 3.63) is 48.5 Å². The van der Waals surface area contributed by atoms with E-state index in [4.69, 9.17) is 4.74 Å². The van der Waals surface area contributed by atoms with E-state index in [1.165, 1.54) is 6.92 Å². The van der Waals surface area contributed by atoms with Crippen molar-refractivity contribution >= 4 is 28.9 Å². The highest BCUT2D eigenvalue weighted by Gasteiger charge is 2.04. The second-order valence-corrected chi connectivity index (χ2v) is 4.89. The highest BCUT2D eigenvalue weighted by molar-refractivity contribution is 5.95. The molecule has 0 spiro atoms. The molecule has 0 radical (unpaired) electrons. The molecule has 0 aliphatic heterocycles. The minimum absolute atomic E-state index is 0.136. The van der Waals surface area contributed by atoms with Crippen LogP contribution in [0.5, 0.6) is 5.75 Å². The van der Waals surface area contributed by atoms with Crippen molar-refractivity contribution in [2.24, 2.45) is 0 Å². The average molecular weight is 313 g/mol. The van der Waals surface area contributed by atoms with E-state index in [0.29, 0.717) is 11.4 Å². The molecule has 6 nitrogen and oxygen atoms in total. The van der Waals surface area contributed by atoms with Crippen LogP contribution in [0.4, 0.5) is 17.1 Å². The first kappa shape index (κ1) is 16.4. The molecule has 0 heterocycles. The molecule has 0 saturated heterocycles. The molecule has 0 unspecified atom stereocenters. The molecule has 3 N–H and O–H groups in total. The summed E-state index contributed by atoms with van der Waals surface area (Å²) >= 11 is 0. The number of ether oxygens (including phenoxy) is 1. The molecule has 0 saturated carbocycles. The fraction of sp³-hybridized carbons (Fsp3) is 0.176. The molecule has 2 aromatic rings. The number of nitrogens with one attached hydrogen (secondary N) is 3. The largest absolute Gasteiger partial charge is 0.497 e. The van der Waals surface area contributed by atoms with Gasteiger partial charge in [-0.2, -0.15) is 0 Å². The van der Waals surface area contributed by atoms with Gasteiger partial charge in [0.1, 0.15) is 5.75 Å². The summed E-state index contributed by atoms with van der Waals surface area (Å²) in [5.41, 5.74) is 2.09. The van der Waals surface area contributed by atoms with E-state index >= 15 is 0 Å². The minimum Gasteiger partial charge on any atom is -0.497 e. The fourth-order valence-electron chi connectivity index (χ4n) is 1.97. The summed E-state index contributed by atoms with van der Waals surface area (Å²) in [6.07, 6.45) is 0. The summed E-state index contributed by atoms with van der Waals surface area (Å²) in [4.78, 5) is 23.0. The van der Waals surface area contributed by atoms with Gasteiger partial charge in [0, 0.05) is 24.0 Å². The molecule has 2 aromatic carbocycles. The van der Waals surface area contributed by atoms with Crippen LogP contribution in [0.15, 0.2) is 48.5 Å². The van der Waals surface area contributed by atoms with Crippen LogP contribution in [-0.4, -0.2) is 25.5 Å². The van der Waals surface area contributed by atoms with E-state index in [1.54, 1.807) is 31.4 Å². The molecule has 0 aliphatic carbocycles. The highest BCUT2D eigenvalue weighted by Crippen LogP contribution is 2.16. The Hall–Kier alpha value is -3.02. The van der Waals surface area contributed by atoms with Crippen LogP contribution in [0.25, 0.3) is 0 Å². The van der Waals surface area contributed by atoms with Crippen molar-refractivity contribution in [2.75, 3.05) is 29.6 Å². The monoisotopic (exact) mass is 313 g/mol. The third-order valence-corrected chi connectivity index (χ3v) is 3.01. The Kier molecular flexibility index (Phi) is 5.57. The van der Waals surface area contributed by atoms with Gasteiger partial charge < -0.3 is 20.7 Å². The topological polar surface area (TPSA) is 79.5 Å². The van der Waals surface area contributed by atoms with Crippen molar-refractivity contribution in [3.8, 4) is 5.75 Å². The quantitative estimate of drug-likeness (QED) is 0.766. The van der Waals surface area contributed by atoms with E-state index in [2.05, 4.69) is 16.0 Å². The molecule has 2 rings (SSSR count). The lowest BCUT2D eigenvalue weighted by Gasteiger charge is -2.09. The summed E-state index contributed by atoms with van der Waals surface area (Å²) in [6, 6.07) is 14.3. The lowest BCUT2D eigenvalue weighted by atomic mass is 10.2. The molecule has 23 heavy (non-hydrogen) atoms. The van der Waals surface area contributed by atoms with E-state index in [1.807, 2.05) is 24.3 Å². The van der Waals surface area contributed by atoms with Crippen LogP contribution in [0, 0.1) is 0 Å². The minimum atomic E-state index is -0.180. The predicted octanol–water partition coefficient (Wildman–Crippen LogP) is 2.70. The summed E-state index contributed by atoms with van der Waals surface area (Å²) in [6.45, 7) is 1.57. The zero-order valence-corrected chi connectivity index (χ0v) is 13.1. The standard InChI is InChI=1S/C17H19N3O3/c1-12(21)19-14-4-3-5-15(10-14)20-17(22)11-18-13-6-8-16(23-2)9-7-13/h3-10,18H,11H2,1-2H3,(H,19,21)(H,20,22). The second kappa shape index (κ2) is 7.84. The van der Waals surface area contributed by atoms with Crippen molar-refractivity contribution < 1.29 is 14.3 Å². The Balaban J connectivity index is 1.87. The molecule has 6 heteroatoms. The number of methoxy groups -OCH3 is 1. The molecule has 0 atom stereocenters. The van der Waals surface area contributed by atoms with Crippen LogP contribution in [0.3, 0.4) is 0 Å². The first-order valence-electron chi connectivity index (χ1n) is 7.12. The van der Waals surface area contributed by atoms with Gasteiger partial charge in [0.05, 0.1) is 13.7 Å². The molecule has 0 bridgehead atoms. The van der Waals surface area contributed by atoms with Gasteiger partial charge in [0.2, 0.25) is 11.8 Å². The first-order valence-corrected chi connectivity index (χ1v) is 7.12. The zero-order valence-electron chi connectivity index (χ0n) is 13.1. The number of carbonyl (C=O) groups excluding carboxylic acids is 2. The van der Waals surface area contributed by atoms with Gasteiger partial charge in [-0.1, -0.05) is 6.07 Å². The van der Waals surface area contributed by atoms with Gasteiger partial charge in [-0.15, -0.1) is 0 Å². The van der Waals surface area contributed by atoms with E-state index in [-0.39, 0.29) is 18.4 Å². The van der Waals surface area contributed by atoms with E-state index in [9.17, 15) is 9.59 Å². The van der Waals surface area contributed by atoms with Gasteiger partial charge in [0.25, 0.3) is 0 Å². The Morgan fingerprint density at radius 1 is 0.957 bits per heavy atom. The average Bonchev–Trinajstić information content (AvgIpc) is 2.53. The maximum absolute atomic E-state index is 12.0. The Morgan fingerprint density at radius 2 is 1.61 bits per heavy atom. The van der Waals surface area contributed by atoms with Crippen molar-refractivity contribution in [3.63, 3.8) is 0 Å². The molecule has 0 aromatic heterocycles. The molecule has 0 fully saturated rings. The van der Waals surface area contributed by atoms with Crippen molar-refractivity contribution in [1.29, 1.82) is 0 Å². The highest BCUT2D eigenvalue weighted by atomic mass is 16.5. The van der Waals surface area contributed by atoms with Crippen LogP contribution in [-0.2, 0) is 9.59 Å². The SMILES string of the molecule is COc1ccc(NCC(=O)Nc2cccc(NC(C)=O)c2)cc1. The van der Waals surface area contributed by atoms with Crippen LogP contribution in [0.1, 0.15) is 6.92 Å². The summed E-state index contributed by atoms with van der Waals surface area (Å²) < 4.78 is 5.08. The Labute approximate surface area is 134 Å². The number of amides is 2. The number of rotatable bonds is 6. The van der Waals surface area contributed by atoms with Gasteiger partial charge in [-0.05, 0) is 42.5 Å². The number of anilines is 3. The van der Waals surface area contributed by atoms with Crippen LogP contribution >= 0.6 is 0 Å². The smallest absolute Gasteiger partial charge is 0.243 e. The molecular formula is C17H19N3O3. The molecule has 0 aliphatic rings. The van der Waals surface area contributed by atoms with Crippen LogP contribution in [0.2, 0.25) is 0 Å². The van der Waals surface area contributed by atoms with Gasteiger partial charge in [0.15, 0.2) is 0 Å². The molecular weight excluding hydrogens is 294 g/mol. The summed E-state index contributed by atoms with van der Waals surface area (Å²) in [5, 5.41) is 8.47. The van der Waals surface area contributed by atoms with Gasteiger partial charge >= 0.3 is 0 Å². The normalized spacial score (nSPS) is 9.83. The van der Waals surface area contributed by atoms with Gasteiger partial charge in [-0.3, -0.25) is 9.59 Å². The van der Waals surface area contributed by atoms with Crippen molar-refractivity contribution in [2.45, 2.75) is 6.92 Å². The van der Waals surface area contributed by atoms with Gasteiger partial charge in [-0.25, -0.2) is 0 Å². The summed E-state index contributed by atoms with van der Waals surface area (Å²) in [5.74, 6) is 0.422. The third-order valence-electron chi connectivity index (χ3n) is 3.01. The maximum Gasteiger partial charge on any atom is 0.243 e. The summed E-state index contributed by atoms with van der Waals surface area (Å²) in [7, 11) is 1.60. The Morgan fingerprint density at radius 3 is 2.22 bits per heavy atom. The number of hydrogen-bond donors (Lipinski definition) is 3. The zero-order chi connectivity index (χ0) is 16.7. The number of hydrogen-bond acceptors (Lipinski definition) is 4. The lowest BCUT2D eigenvalue weighted by molar-refractivity contribution is -0.115. The van der Waals surface area contributed by atoms with E-state index in [0.717, 1.165) is 11.4 Å². The fourth-order valence-corrected chi connectivity index (χ4v) is 1.97. The lowest BCUT2D eigenvalue weighted by Crippen LogP contribution is -2.21. The van der Waals surface area contributed by atoms with Crippen molar-refractivity contribution in [1.82, 2.24) is 0 Å². The van der Waals surface area contributed by atoms with Crippen LogP contribution < -0.4 is 20.7 Å².